The number of amides is 1. The molecule has 2 aliphatic heterocycles. The van der Waals surface area contributed by atoms with Crippen LogP contribution in [-0.2, 0) is 11.3 Å². The van der Waals surface area contributed by atoms with Gasteiger partial charge in [0.15, 0.2) is 0 Å². The number of nitrogens with zero attached hydrogens (tertiary/aromatic N) is 2. The van der Waals surface area contributed by atoms with E-state index in [0.717, 1.165) is 45.4 Å². The van der Waals surface area contributed by atoms with E-state index in [4.69, 9.17) is 0 Å². The van der Waals surface area contributed by atoms with Crippen LogP contribution in [0.15, 0.2) is 42.5 Å². The molecular formula is C24H33N3OS. The van der Waals surface area contributed by atoms with Gasteiger partial charge in [-0.3, -0.25) is 14.6 Å². The zero-order valence-corrected chi connectivity index (χ0v) is 18.5. The molecule has 4 nitrogen and oxygen atoms in total. The van der Waals surface area contributed by atoms with Crippen LogP contribution in [0.4, 0.5) is 0 Å². The molecule has 1 aromatic carbocycles. The van der Waals surface area contributed by atoms with Gasteiger partial charge in [0.05, 0.1) is 6.04 Å². The summed E-state index contributed by atoms with van der Waals surface area (Å²) in [4.78, 5) is 20.7. The molecule has 2 unspecified atom stereocenters. The largest absolute Gasteiger partial charge is 0.352 e. The van der Waals surface area contributed by atoms with Gasteiger partial charge < -0.3 is 5.32 Å². The fraction of sp³-hybridized carbons (Fsp3) is 0.542. The van der Waals surface area contributed by atoms with Gasteiger partial charge in [-0.2, -0.15) is 0 Å². The van der Waals surface area contributed by atoms with Gasteiger partial charge >= 0.3 is 0 Å². The lowest BCUT2D eigenvalue weighted by Crippen LogP contribution is -2.50. The van der Waals surface area contributed by atoms with Gasteiger partial charge in [0.2, 0.25) is 5.91 Å². The maximum atomic E-state index is 13.0. The first-order chi connectivity index (χ1) is 14.1. The number of nitrogens with one attached hydrogen (secondary N) is 1. The molecule has 1 aromatic heterocycles. The SMILES string of the molecule is Cc1ccc(C2CCCN2C(C)C(=O)NC2CCN(Cc3ccccc3)CC2)s1. The van der Waals surface area contributed by atoms with E-state index in [1.54, 1.807) is 0 Å². The van der Waals surface area contributed by atoms with Crippen molar-refractivity contribution >= 4 is 17.2 Å². The Bertz CT molecular complexity index is 797. The van der Waals surface area contributed by atoms with Crippen molar-refractivity contribution in [3.63, 3.8) is 0 Å². The summed E-state index contributed by atoms with van der Waals surface area (Å²) in [6.07, 6.45) is 4.42. The molecule has 2 aliphatic rings. The predicted molar refractivity (Wildman–Crippen MR) is 120 cm³/mol. The van der Waals surface area contributed by atoms with Crippen molar-refractivity contribution in [3.05, 3.63) is 57.8 Å². The maximum Gasteiger partial charge on any atom is 0.237 e. The molecule has 2 fully saturated rings. The third-order valence-corrected chi connectivity index (χ3v) is 7.55. The van der Waals surface area contributed by atoms with Crippen LogP contribution in [-0.4, -0.2) is 47.4 Å². The smallest absolute Gasteiger partial charge is 0.237 e. The maximum absolute atomic E-state index is 13.0. The summed E-state index contributed by atoms with van der Waals surface area (Å²) in [6, 6.07) is 15.8. The highest BCUT2D eigenvalue weighted by molar-refractivity contribution is 7.12. The van der Waals surface area contributed by atoms with Gasteiger partial charge in [-0.05, 0) is 63.8 Å². The zero-order chi connectivity index (χ0) is 20.2. The second-order valence-electron chi connectivity index (χ2n) is 8.56. The summed E-state index contributed by atoms with van der Waals surface area (Å²) in [7, 11) is 0. The van der Waals surface area contributed by atoms with Crippen molar-refractivity contribution < 1.29 is 4.79 Å². The molecule has 2 atom stereocenters. The van der Waals surface area contributed by atoms with E-state index in [0.29, 0.717) is 12.1 Å². The van der Waals surface area contributed by atoms with Gasteiger partial charge in [-0.15, -0.1) is 11.3 Å². The van der Waals surface area contributed by atoms with Crippen LogP contribution in [0.5, 0.6) is 0 Å². The standard InChI is InChI=1S/C24H33N3OS/c1-18-10-11-23(29-18)22-9-6-14-27(22)19(2)24(28)25-21-12-15-26(16-13-21)17-20-7-4-3-5-8-20/h3-5,7-8,10-11,19,21-22H,6,9,12-17H2,1-2H3,(H,25,28). The lowest BCUT2D eigenvalue weighted by atomic mass is 10.0. The van der Waals surface area contributed by atoms with E-state index >= 15 is 0 Å². The minimum absolute atomic E-state index is 0.0627. The van der Waals surface area contributed by atoms with Crippen molar-refractivity contribution in [2.24, 2.45) is 0 Å². The van der Waals surface area contributed by atoms with Crippen LogP contribution >= 0.6 is 11.3 Å². The molecule has 0 bridgehead atoms. The number of hydrogen-bond acceptors (Lipinski definition) is 4. The highest BCUT2D eigenvalue weighted by Crippen LogP contribution is 2.37. The molecule has 4 rings (SSSR count). The molecule has 1 amide bonds. The first-order valence-electron chi connectivity index (χ1n) is 11.0. The highest BCUT2D eigenvalue weighted by atomic mass is 32.1. The van der Waals surface area contributed by atoms with Crippen LogP contribution in [0.1, 0.15) is 54.0 Å². The minimum Gasteiger partial charge on any atom is -0.352 e. The van der Waals surface area contributed by atoms with Crippen LogP contribution < -0.4 is 5.32 Å². The molecule has 29 heavy (non-hydrogen) atoms. The summed E-state index contributed by atoms with van der Waals surface area (Å²) in [6.45, 7) is 8.37. The minimum atomic E-state index is -0.0627. The van der Waals surface area contributed by atoms with Crippen molar-refractivity contribution in [1.82, 2.24) is 15.1 Å². The molecule has 3 heterocycles. The Labute approximate surface area is 178 Å². The topological polar surface area (TPSA) is 35.6 Å². The van der Waals surface area contributed by atoms with Gasteiger partial charge in [0.25, 0.3) is 0 Å². The quantitative estimate of drug-likeness (QED) is 0.767. The molecule has 0 spiro atoms. The van der Waals surface area contributed by atoms with Crippen LogP contribution in [0, 0.1) is 6.92 Å². The summed E-state index contributed by atoms with van der Waals surface area (Å²) < 4.78 is 0. The Morgan fingerprint density at radius 2 is 1.86 bits per heavy atom. The Kier molecular flexibility index (Phi) is 6.68. The van der Waals surface area contributed by atoms with Crippen molar-refractivity contribution in [3.8, 4) is 0 Å². The van der Waals surface area contributed by atoms with E-state index in [1.807, 2.05) is 11.3 Å². The molecule has 0 aliphatic carbocycles. The third-order valence-electron chi connectivity index (χ3n) is 6.44. The lowest BCUT2D eigenvalue weighted by molar-refractivity contribution is -0.127. The monoisotopic (exact) mass is 411 g/mol. The molecule has 2 saturated heterocycles. The van der Waals surface area contributed by atoms with E-state index in [1.165, 1.54) is 21.7 Å². The number of benzene rings is 1. The van der Waals surface area contributed by atoms with Gasteiger partial charge in [0, 0.05) is 41.5 Å². The number of piperidine rings is 1. The van der Waals surface area contributed by atoms with Gasteiger partial charge in [0.1, 0.15) is 0 Å². The first kappa shape index (κ1) is 20.6. The number of likely N-dealkylation sites (tertiary alicyclic amines) is 2. The van der Waals surface area contributed by atoms with E-state index in [9.17, 15) is 4.79 Å². The Hall–Kier alpha value is -1.69. The van der Waals surface area contributed by atoms with Crippen molar-refractivity contribution in [2.45, 2.75) is 64.2 Å². The van der Waals surface area contributed by atoms with Gasteiger partial charge in [-0.25, -0.2) is 0 Å². The molecule has 1 N–H and O–H groups in total. The summed E-state index contributed by atoms with van der Waals surface area (Å²) in [5, 5.41) is 3.35. The molecule has 0 saturated carbocycles. The Morgan fingerprint density at radius 1 is 1.10 bits per heavy atom. The Morgan fingerprint density at radius 3 is 2.55 bits per heavy atom. The molecular weight excluding hydrogens is 378 g/mol. The van der Waals surface area contributed by atoms with Crippen molar-refractivity contribution in [2.75, 3.05) is 19.6 Å². The average molecular weight is 412 g/mol. The summed E-state index contributed by atoms with van der Waals surface area (Å²) in [5.74, 6) is 0.201. The van der Waals surface area contributed by atoms with E-state index < -0.39 is 0 Å². The Balaban J connectivity index is 1.27. The normalized spacial score (nSPS) is 22.6. The number of carbonyl (C=O) groups is 1. The van der Waals surface area contributed by atoms with Crippen molar-refractivity contribution in [1.29, 1.82) is 0 Å². The number of rotatable bonds is 6. The van der Waals surface area contributed by atoms with E-state index in [2.05, 4.69) is 71.4 Å². The fourth-order valence-electron chi connectivity index (χ4n) is 4.74. The number of thiophene rings is 1. The number of hydrogen-bond donors (Lipinski definition) is 1. The second kappa shape index (κ2) is 9.41. The average Bonchev–Trinajstić information content (AvgIpc) is 3.38. The zero-order valence-electron chi connectivity index (χ0n) is 17.6. The fourth-order valence-corrected chi connectivity index (χ4v) is 5.77. The molecule has 5 heteroatoms. The number of carbonyl (C=O) groups excluding carboxylic acids is 1. The molecule has 0 radical (unpaired) electrons. The summed E-state index contributed by atoms with van der Waals surface area (Å²) >= 11 is 1.88. The summed E-state index contributed by atoms with van der Waals surface area (Å²) in [5.41, 5.74) is 1.37. The van der Waals surface area contributed by atoms with Crippen LogP contribution in [0.3, 0.4) is 0 Å². The third kappa shape index (κ3) is 5.08. The lowest BCUT2D eigenvalue weighted by Gasteiger charge is -2.34. The first-order valence-corrected chi connectivity index (χ1v) is 11.8. The van der Waals surface area contributed by atoms with E-state index in [-0.39, 0.29) is 11.9 Å². The predicted octanol–water partition coefficient (Wildman–Crippen LogP) is 4.36. The molecule has 2 aromatic rings. The highest BCUT2D eigenvalue weighted by Gasteiger charge is 2.34. The van der Waals surface area contributed by atoms with Crippen LogP contribution in [0.25, 0.3) is 0 Å². The molecule has 156 valence electrons. The number of aryl methyl sites for hydroxylation is 1. The second-order valence-corrected chi connectivity index (χ2v) is 9.88. The van der Waals surface area contributed by atoms with Crippen LogP contribution in [0.2, 0.25) is 0 Å². The van der Waals surface area contributed by atoms with Gasteiger partial charge in [-0.1, -0.05) is 30.3 Å².